The SMILES string of the molecule is CN(C)Cc1cccc[c]1[Bi]([c]1c(-c2c(F)c(F)c(F)c(F)c2F)cc(-c2c(F)c(F)c(F)c(F)c2F)cc1-c1c(F)c(F)c(F)c(F)c1F)[c]1c(-c2c(F)c(F)c(F)c(F)c2F)cc(-c2c(F)c(F)c(F)c(F)c2F)cc1-c1c(F)c(F)c(F)c(F)c1F. The molecule has 9 aromatic carbocycles. The molecule has 0 heterocycles. The summed E-state index contributed by atoms with van der Waals surface area (Å²) in [6.07, 6.45) is 0. The van der Waals surface area contributed by atoms with E-state index in [2.05, 4.69) is 0 Å². The molecule has 32 heteroatoms. The summed E-state index contributed by atoms with van der Waals surface area (Å²) in [7, 11) is 2.17. The van der Waals surface area contributed by atoms with Crippen LogP contribution >= 0.6 is 0 Å². The van der Waals surface area contributed by atoms with E-state index in [0.29, 0.717) is 12.1 Å². The molecule has 0 radical (unpaired) electrons. The van der Waals surface area contributed by atoms with Gasteiger partial charge in [-0.1, -0.05) is 0 Å². The molecule has 0 aliphatic carbocycles. The molecule has 0 bridgehead atoms. The predicted molar refractivity (Wildman–Crippen MR) is 253 cm³/mol. The third-order valence-electron chi connectivity index (χ3n) is 13.3. The summed E-state index contributed by atoms with van der Waals surface area (Å²) in [5.41, 5.74) is -30.7. The average Bonchev–Trinajstić information content (AvgIpc) is 0.718. The quantitative estimate of drug-likeness (QED) is 0.0540. The van der Waals surface area contributed by atoms with E-state index in [9.17, 15) is 8.78 Å². The summed E-state index contributed by atoms with van der Waals surface area (Å²) >= 11 is -7.65. The average molecular weight is 1490 g/mol. The van der Waals surface area contributed by atoms with Crippen LogP contribution in [0.25, 0.3) is 66.8 Å². The van der Waals surface area contributed by atoms with Crippen molar-refractivity contribution in [3.63, 3.8) is 0 Å². The molecule has 0 fully saturated rings. The number of nitrogens with zero attached hydrogens (tertiary/aromatic N) is 1. The van der Waals surface area contributed by atoms with Gasteiger partial charge in [-0.15, -0.1) is 0 Å². The van der Waals surface area contributed by atoms with E-state index in [1.54, 1.807) is 0 Å². The monoisotopic (exact) mass is 1490 g/mol. The maximum atomic E-state index is 17.0. The van der Waals surface area contributed by atoms with E-state index in [1.807, 2.05) is 0 Å². The zero-order valence-electron chi connectivity index (χ0n) is 42.6. The van der Waals surface area contributed by atoms with E-state index in [0.717, 1.165) is 31.1 Å². The van der Waals surface area contributed by atoms with Crippen molar-refractivity contribution in [1.82, 2.24) is 4.90 Å². The van der Waals surface area contributed by atoms with E-state index in [4.69, 9.17) is 0 Å². The Hall–Kier alpha value is -8.28. The molecule has 0 aliphatic heterocycles. The minimum atomic E-state index is -7.65. The van der Waals surface area contributed by atoms with Gasteiger partial charge in [0.1, 0.15) is 0 Å². The standard InChI is InChI=1S/2C24H2F15.C9H12N.Bi/c2*25-10-7(11(26)17(32)22(37)16(10)31)4-1-5(8-12(27)18(33)23(38)19(34)13(8)28)3-6(2-4)9-14(29)20(35)24(39)21(36)15(9)30;1-10(2)8-9-6-4-3-5-7-9;/h2*1-2H;3-6H,8H2,1-2H3;. The molecular formula is C57H16BiF30N. The number of hydrogen-bond donors (Lipinski definition) is 0. The van der Waals surface area contributed by atoms with E-state index >= 15 is 123 Å². The fourth-order valence-electron chi connectivity index (χ4n) is 9.44. The Bertz CT molecular complexity index is 3970. The van der Waals surface area contributed by atoms with Crippen molar-refractivity contribution >= 4 is 31.6 Å². The minimum absolute atomic E-state index is 0.488. The second-order valence-electron chi connectivity index (χ2n) is 18.7. The molecule has 0 saturated heterocycles. The Balaban J connectivity index is 1.77. The predicted octanol–water partition coefficient (Wildman–Crippen LogP) is 16.4. The van der Waals surface area contributed by atoms with Gasteiger partial charge >= 0.3 is 484 Å². The van der Waals surface area contributed by atoms with Crippen molar-refractivity contribution in [2.24, 2.45) is 0 Å². The Morgan fingerprint density at radius 1 is 0.247 bits per heavy atom. The van der Waals surface area contributed by atoms with Gasteiger partial charge in [-0.2, -0.15) is 0 Å². The molecule has 9 rings (SSSR count). The van der Waals surface area contributed by atoms with Gasteiger partial charge in [-0.25, -0.2) is 0 Å². The fourth-order valence-corrected chi connectivity index (χ4v) is 21.3. The van der Waals surface area contributed by atoms with Crippen LogP contribution in [0.1, 0.15) is 5.56 Å². The Morgan fingerprint density at radius 3 is 0.629 bits per heavy atom. The normalized spacial score (nSPS) is 11.8. The second-order valence-corrected chi connectivity index (χ2v) is 26.7. The first-order valence-corrected chi connectivity index (χ1v) is 28.8. The number of hydrogen-bond acceptors (Lipinski definition) is 1. The summed E-state index contributed by atoms with van der Waals surface area (Å²) in [5, 5.41) is 0. The number of rotatable bonds is 11. The van der Waals surface area contributed by atoms with Gasteiger partial charge in [0.15, 0.2) is 0 Å². The summed E-state index contributed by atoms with van der Waals surface area (Å²) in [5.74, 6) is -96.4. The van der Waals surface area contributed by atoms with Crippen LogP contribution in [0.15, 0.2) is 48.5 Å². The first-order valence-electron chi connectivity index (χ1n) is 23.5. The molecule has 9 aromatic rings. The van der Waals surface area contributed by atoms with Crippen LogP contribution in [-0.4, -0.2) is 40.7 Å². The van der Waals surface area contributed by atoms with Gasteiger partial charge in [-0.05, 0) is 0 Å². The van der Waals surface area contributed by atoms with Crippen LogP contribution in [0.4, 0.5) is 132 Å². The van der Waals surface area contributed by atoms with Crippen LogP contribution in [0.5, 0.6) is 0 Å². The van der Waals surface area contributed by atoms with Crippen LogP contribution < -0.4 is 9.81 Å². The molecule has 0 aliphatic rings. The third-order valence-corrected chi connectivity index (χ3v) is 24.1. The van der Waals surface area contributed by atoms with Gasteiger partial charge < -0.3 is 0 Å². The third kappa shape index (κ3) is 10.1. The van der Waals surface area contributed by atoms with Crippen molar-refractivity contribution in [1.29, 1.82) is 0 Å². The van der Waals surface area contributed by atoms with Crippen LogP contribution in [-0.2, 0) is 6.54 Å². The summed E-state index contributed by atoms with van der Waals surface area (Å²) in [4.78, 5) is 1.01. The zero-order valence-corrected chi connectivity index (χ0v) is 46.0. The van der Waals surface area contributed by atoms with E-state index in [-0.39, 0.29) is 0 Å². The summed E-state index contributed by atoms with van der Waals surface area (Å²) < 4.78 is 472. The van der Waals surface area contributed by atoms with Crippen LogP contribution in [0.3, 0.4) is 0 Å². The number of benzene rings is 9. The molecular weight excluding hydrogens is 1480 g/mol. The van der Waals surface area contributed by atoms with Crippen molar-refractivity contribution in [3.8, 4) is 66.8 Å². The second kappa shape index (κ2) is 23.6. The molecule has 1 nitrogen and oxygen atoms in total. The van der Waals surface area contributed by atoms with Gasteiger partial charge in [-0.3, -0.25) is 0 Å². The Morgan fingerprint density at radius 2 is 0.427 bits per heavy atom. The molecule has 0 atom stereocenters. The topological polar surface area (TPSA) is 3.24 Å². The molecule has 0 amide bonds. The molecule has 0 saturated carbocycles. The number of halogens is 30. The molecule has 464 valence electrons. The van der Waals surface area contributed by atoms with Gasteiger partial charge in [0.05, 0.1) is 0 Å². The van der Waals surface area contributed by atoms with Crippen molar-refractivity contribution in [2.75, 3.05) is 14.1 Å². The van der Waals surface area contributed by atoms with Crippen molar-refractivity contribution in [3.05, 3.63) is 229 Å². The first-order chi connectivity index (χ1) is 41.5. The first kappa shape index (κ1) is 65.2. The van der Waals surface area contributed by atoms with Crippen molar-refractivity contribution < 1.29 is 132 Å². The van der Waals surface area contributed by atoms with E-state index in [1.165, 1.54) is 0 Å². The molecule has 89 heavy (non-hydrogen) atoms. The molecule has 0 aromatic heterocycles. The molecule has 0 N–H and O–H groups in total. The van der Waals surface area contributed by atoms with Gasteiger partial charge in [0.25, 0.3) is 0 Å². The van der Waals surface area contributed by atoms with Crippen LogP contribution in [0.2, 0.25) is 0 Å². The summed E-state index contributed by atoms with van der Waals surface area (Å²) in [6.45, 7) is -0.876. The van der Waals surface area contributed by atoms with E-state index < -0.39 is 309 Å². The Labute approximate surface area is 482 Å². The van der Waals surface area contributed by atoms with Gasteiger partial charge in [0, 0.05) is 0 Å². The van der Waals surface area contributed by atoms with Crippen molar-refractivity contribution in [2.45, 2.75) is 6.54 Å². The fraction of sp³-hybridized carbons (Fsp3) is 0.0526. The summed E-state index contributed by atoms with van der Waals surface area (Å²) in [6, 6.07) is 0.952. The molecule has 0 spiro atoms. The van der Waals surface area contributed by atoms with Crippen LogP contribution in [0, 0.1) is 175 Å². The molecule has 0 unspecified atom stereocenters. The van der Waals surface area contributed by atoms with Gasteiger partial charge in [0.2, 0.25) is 0 Å². The zero-order chi connectivity index (χ0) is 66.1. The Kier molecular flexibility index (Phi) is 17.3. The maximum absolute atomic E-state index is 17.0.